The first-order chi connectivity index (χ1) is 19.4. The molecular weight excluding hydrogens is 542 g/mol. The summed E-state index contributed by atoms with van der Waals surface area (Å²) in [4.78, 5) is 42.9. The number of nitrogens with zero attached hydrogens (tertiary/aromatic N) is 1. The van der Waals surface area contributed by atoms with Gasteiger partial charge in [0.25, 0.3) is 5.91 Å². The van der Waals surface area contributed by atoms with Gasteiger partial charge in [-0.05, 0) is 75.4 Å². The van der Waals surface area contributed by atoms with Crippen molar-refractivity contribution < 1.29 is 24.2 Å². The lowest BCUT2D eigenvalue weighted by Crippen LogP contribution is -2.54. The smallest absolute Gasteiger partial charge is 0.408 e. The van der Waals surface area contributed by atoms with Crippen molar-refractivity contribution in [2.24, 2.45) is 0 Å². The van der Waals surface area contributed by atoms with Gasteiger partial charge in [-0.25, -0.2) is 4.79 Å². The van der Waals surface area contributed by atoms with Gasteiger partial charge in [-0.15, -0.1) is 0 Å². The van der Waals surface area contributed by atoms with E-state index >= 15 is 0 Å². The van der Waals surface area contributed by atoms with Crippen molar-refractivity contribution in [3.8, 4) is 5.75 Å². The third-order valence-corrected chi connectivity index (χ3v) is 6.99. The Kier molecular flexibility index (Phi) is 9.23. The monoisotopic (exact) mass is 577 g/mol. The quantitative estimate of drug-likeness (QED) is 0.282. The Morgan fingerprint density at radius 1 is 1.00 bits per heavy atom. The van der Waals surface area contributed by atoms with Crippen molar-refractivity contribution in [2.75, 3.05) is 5.32 Å². The van der Waals surface area contributed by atoms with Crippen LogP contribution in [0, 0.1) is 6.92 Å². The maximum atomic E-state index is 14.4. The molecule has 1 aliphatic carbocycles. The van der Waals surface area contributed by atoms with Gasteiger partial charge in [0.15, 0.2) is 0 Å². The van der Waals surface area contributed by atoms with E-state index in [9.17, 15) is 19.5 Å². The van der Waals surface area contributed by atoms with E-state index < -0.39 is 35.6 Å². The molecule has 0 bridgehead atoms. The maximum absolute atomic E-state index is 14.4. The lowest BCUT2D eigenvalue weighted by molar-refractivity contribution is -0.141. The van der Waals surface area contributed by atoms with Crippen molar-refractivity contribution in [2.45, 2.75) is 70.7 Å². The summed E-state index contributed by atoms with van der Waals surface area (Å²) < 4.78 is 5.47. The Labute approximate surface area is 245 Å². The fourth-order valence-electron chi connectivity index (χ4n) is 4.62. The molecule has 2 atom stereocenters. The average molecular weight is 578 g/mol. The Morgan fingerprint density at radius 2 is 1.66 bits per heavy atom. The molecule has 0 aliphatic heterocycles. The average Bonchev–Trinajstić information content (AvgIpc) is 3.74. The molecule has 1 fully saturated rings. The number of benzene rings is 3. The molecule has 1 saturated carbocycles. The number of phenols is 1. The number of nitrogens with one attached hydrogen (secondary N) is 2. The minimum Gasteiger partial charge on any atom is -0.508 e. The topological polar surface area (TPSA) is 108 Å². The Balaban J connectivity index is 1.72. The largest absolute Gasteiger partial charge is 0.508 e. The first-order valence-electron chi connectivity index (χ1n) is 13.6. The number of halogens is 1. The van der Waals surface area contributed by atoms with E-state index in [1.54, 1.807) is 49.9 Å². The zero-order valence-electron chi connectivity index (χ0n) is 23.7. The number of hydrogen-bond donors (Lipinski definition) is 3. The van der Waals surface area contributed by atoms with E-state index in [1.165, 1.54) is 12.1 Å². The summed E-state index contributed by atoms with van der Waals surface area (Å²) in [5.74, 6) is -0.730. The van der Waals surface area contributed by atoms with E-state index in [0.717, 1.165) is 24.0 Å². The molecule has 2 unspecified atom stereocenters. The Hall–Kier alpha value is -4.04. The number of ether oxygens (including phenoxy) is 1. The standard InChI is InChI=1S/C32H36ClN3O5/c1-20-9-8-12-25(33)27(20)35-29(38)28(22-10-6-5-7-11-22)36(23-15-16-23)30(39)26(34-31(40)41-32(2,3)4)19-21-13-17-24(37)18-14-21/h5-14,17-18,23,26,28,37H,15-16,19H2,1-4H3,(H,34,40)(H,35,38). The van der Waals surface area contributed by atoms with Crippen LogP contribution < -0.4 is 10.6 Å². The van der Waals surface area contributed by atoms with Crippen LogP contribution in [0.15, 0.2) is 72.8 Å². The lowest BCUT2D eigenvalue weighted by Gasteiger charge is -2.35. The summed E-state index contributed by atoms with van der Waals surface area (Å²) in [6.07, 6.45) is 0.851. The highest BCUT2D eigenvalue weighted by atomic mass is 35.5. The van der Waals surface area contributed by atoms with Crippen LogP contribution in [0.3, 0.4) is 0 Å². The Bertz CT molecular complexity index is 1360. The summed E-state index contributed by atoms with van der Waals surface area (Å²) in [6, 6.07) is 18.7. The highest BCUT2D eigenvalue weighted by Gasteiger charge is 2.44. The van der Waals surface area contributed by atoms with Crippen LogP contribution in [0.2, 0.25) is 5.02 Å². The van der Waals surface area contributed by atoms with Crippen LogP contribution in [0.1, 0.15) is 56.3 Å². The number of carbonyl (C=O) groups excluding carboxylic acids is 3. The number of phenolic OH excluding ortho intramolecular Hbond substituents is 1. The molecule has 1 aliphatic rings. The van der Waals surface area contributed by atoms with Gasteiger partial charge in [0.2, 0.25) is 5.91 Å². The normalized spacial score (nSPS) is 14.5. The summed E-state index contributed by atoms with van der Waals surface area (Å²) in [7, 11) is 0. The van der Waals surface area contributed by atoms with Gasteiger partial charge in [0.1, 0.15) is 23.4 Å². The van der Waals surface area contributed by atoms with Gasteiger partial charge < -0.3 is 25.4 Å². The third kappa shape index (κ3) is 8.01. The van der Waals surface area contributed by atoms with Crippen LogP contribution in [-0.4, -0.2) is 45.6 Å². The minimum atomic E-state index is -1.03. The van der Waals surface area contributed by atoms with Crippen molar-refractivity contribution in [3.05, 3.63) is 94.5 Å². The van der Waals surface area contributed by atoms with Crippen LogP contribution in [-0.2, 0) is 20.7 Å². The molecule has 0 radical (unpaired) electrons. The molecule has 9 heteroatoms. The van der Waals surface area contributed by atoms with Crippen LogP contribution >= 0.6 is 11.6 Å². The van der Waals surface area contributed by atoms with Crippen molar-refractivity contribution in [1.29, 1.82) is 0 Å². The number of rotatable bonds is 9. The zero-order valence-corrected chi connectivity index (χ0v) is 24.4. The molecule has 3 aromatic rings. The Morgan fingerprint density at radius 3 is 2.24 bits per heavy atom. The molecule has 3 amide bonds. The van der Waals surface area contributed by atoms with Crippen LogP contribution in [0.25, 0.3) is 0 Å². The number of amides is 3. The fourth-order valence-corrected chi connectivity index (χ4v) is 4.89. The molecule has 3 aromatic carbocycles. The third-order valence-electron chi connectivity index (χ3n) is 6.67. The lowest BCUT2D eigenvalue weighted by atomic mass is 9.99. The second kappa shape index (κ2) is 12.6. The molecule has 8 nitrogen and oxygen atoms in total. The van der Waals surface area contributed by atoms with Gasteiger partial charge in [-0.1, -0.05) is 66.2 Å². The predicted molar refractivity (Wildman–Crippen MR) is 159 cm³/mol. The van der Waals surface area contributed by atoms with Gasteiger partial charge in [-0.2, -0.15) is 0 Å². The SMILES string of the molecule is Cc1cccc(Cl)c1NC(=O)C(c1ccccc1)N(C(=O)C(Cc1ccc(O)cc1)NC(=O)OC(C)(C)C)C1CC1. The van der Waals surface area contributed by atoms with Gasteiger partial charge >= 0.3 is 6.09 Å². The summed E-state index contributed by atoms with van der Waals surface area (Å²) in [5.41, 5.74) is 1.86. The number of carbonyl (C=O) groups is 3. The molecule has 0 aromatic heterocycles. The van der Waals surface area contributed by atoms with Crippen molar-refractivity contribution >= 4 is 35.2 Å². The number of hydrogen-bond acceptors (Lipinski definition) is 5. The number of aryl methyl sites for hydroxylation is 1. The summed E-state index contributed by atoms with van der Waals surface area (Å²) >= 11 is 6.43. The number of alkyl carbamates (subject to hydrolysis) is 1. The van der Waals surface area contributed by atoms with E-state index in [2.05, 4.69) is 10.6 Å². The second-order valence-electron chi connectivity index (χ2n) is 11.3. The molecular formula is C32H36ClN3O5. The van der Waals surface area contributed by atoms with Gasteiger partial charge in [-0.3, -0.25) is 9.59 Å². The number of para-hydroxylation sites is 1. The molecule has 0 heterocycles. The first kappa shape index (κ1) is 29.9. The summed E-state index contributed by atoms with van der Waals surface area (Å²) in [6.45, 7) is 7.08. The van der Waals surface area contributed by atoms with E-state index in [0.29, 0.717) is 16.3 Å². The number of aromatic hydroxyl groups is 1. The maximum Gasteiger partial charge on any atom is 0.408 e. The van der Waals surface area contributed by atoms with Gasteiger partial charge in [0.05, 0.1) is 10.7 Å². The van der Waals surface area contributed by atoms with E-state index in [1.807, 2.05) is 43.3 Å². The summed E-state index contributed by atoms with van der Waals surface area (Å²) in [5, 5.41) is 15.8. The second-order valence-corrected chi connectivity index (χ2v) is 11.7. The highest BCUT2D eigenvalue weighted by Crippen LogP contribution is 2.37. The molecule has 41 heavy (non-hydrogen) atoms. The van der Waals surface area contributed by atoms with Crippen molar-refractivity contribution in [3.63, 3.8) is 0 Å². The molecule has 216 valence electrons. The molecule has 0 spiro atoms. The van der Waals surface area contributed by atoms with E-state index in [4.69, 9.17) is 16.3 Å². The fraction of sp³-hybridized carbons (Fsp3) is 0.344. The van der Waals surface area contributed by atoms with Crippen LogP contribution in [0.5, 0.6) is 5.75 Å². The van der Waals surface area contributed by atoms with Crippen LogP contribution in [0.4, 0.5) is 10.5 Å². The van der Waals surface area contributed by atoms with Gasteiger partial charge in [0, 0.05) is 12.5 Å². The zero-order chi connectivity index (χ0) is 29.7. The number of anilines is 1. The minimum absolute atomic E-state index is 0.0898. The molecule has 3 N–H and O–H groups in total. The molecule has 4 rings (SSSR count). The van der Waals surface area contributed by atoms with E-state index in [-0.39, 0.29) is 18.2 Å². The molecule has 0 saturated heterocycles. The highest BCUT2D eigenvalue weighted by molar-refractivity contribution is 6.34. The first-order valence-corrected chi connectivity index (χ1v) is 14.0. The predicted octanol–water partition coefficient (Wildman–Crippen LogP) is 6.16. The van der Waals surface area contributed by atoms with Crippen molar-refractivity contribution in [1.82, 2.24) is 10.2 Å².